The van der Waals surface area contributed by atoms with E-state index in [1.807, 2.05) is 4.90 Å². The molecule has 0 unspecified atom stereocenters. The Morgan fingerprint density at radius 3 is 2.23 bits per heavy atom. The van der Waals surface area contributed by atoms with Crippen LogP contribution >= 0.6 is 0 Å². The maximum Gasteiger partial charge on any atom is 0.416 e. The van der Waals surface area contributed by atoms with Gasteiger partial charge in [-0.1, -0.05) is 0 Å². The van der Waals surface area contributed by atoms with E-state index in [-0.39, 0.29) is 30.4 Å². The Morgan fingerprint density at radius 1 is 0.935 bits per heavy atom. The van der Waals surface area contributed by atoms with Gasteiger partial charge in [0.15, 0.2) is 5.76 Å². The molecule has 1 aromatic carbocycles. The smallest absolute Gasteiger partial charge is 0.416 e. The number of urea groups is 1. The number of hydrogen-bond acceptors (Lipinski definition) is 4. The van der Waals surface area contributed by atoms with E-state index >= 15 is 0 Å². The SMILES string of the molecule is O=C(Nc1cc(C(F)(F)F)ccc1N1CCCC1)N1CCN(C(=O)c2ccco2)CC1. The van der Waals surface area contributed by atoms with Gasteiger partial charge in [-0.05, 0) is 43.2 Å². The fraction of sp³-hybridized carbons (Fsp3) is 0.429. The molecule has 7 nitrogen and oxygen atoms in total. The third-order valence-electron chi connectivity index (χ3n) is 5.60. The van der Waals surface area contributed by atoms with Gasteiger partial charge in [-0.2, -0.15) is 13.2 Å². The molecule has 3 amide bonds. The number of benzene rings is 1. The van der Waals surface area contributed by atoms with E-state index in [0.29, 0.717) is 18.8 Å². The highest BCUT2D eigenvalue weighted by molar-refractivity contribution is 5.94. The van der Waals surface area contributed by atoms with Crippen LogP contribution in [0.2, 0.25) is 0 Å². The van der Waals surface area contributed by atoms with Gasteiger partial charge in [0.25, 0.3) is 5.91 Å². The van der Waals surface area contributed by atoms with Crippen molar-refractivity contribution < 1.29 is 27.2 Å². The summed E-state index contributed by atoms with van der Waals surface area (Å²) in [5, 5.41) is 2.66. The van der Waals surface area contributed by atoms with Crippen molar-refractivity contribution in [2.24, 2.45) is 0 Å². The number of amides is 3. The fourth-order valence-corrected chi connectivity index (χ4v) is 3.91. The van der Waals surface area contributed by atoms with E-state index in [4.69, 9.17) is 4.42 Å². The summed E-state index contributed by atoms with van der Waals surface area (Å²) >= 11 is 0. The molecule has 1 N–H and O–H groups in total. The number of nitrogens with zero attached hydrogens (tertiary/aromatic N) is 3. The average molecular weight is 436 g/mol. The topological polar surface area (TPSA) is 69.0 Å². The van der Waals surface area contributed by atoms with Gasteiger partial charge in [-0.3, -0.25) is 4.79 Å². The van der Waals surface area contributed by atoms with Crippen LogP contribution in [0.1, 0.15) is 29.0 Å². The summed E-state index contributed by atoms with van der Waals surface area (Å²) in [6.45, 7) is 2.65. The standard InChI is InChI=1S/C21H23F3N4O3/c22-21(23,24)15-5-6-17(26-7-1-2-8-26)16(14-15)25-20(30)28-11-9-27(10-12-28)19(29)18-4-3-13-31-18/h3-6,13-14H,1-2,7-12H2,(H,25,30). The largest absolute Gasteiger partial charge is 0.459 e. The Morgan fingerprint density at radius 2 is 1.61 bits per heavy atom. The summed E-state index contributed by atoms with van der Waals surface area (Å²) in [5.74, 6) is -0.0172. The number of furan rings is 1. The van der Waals surface area contributed by atoms with E-state index < -0.39 is 17.8 Å². The Hall–Kier alpha value is -3.17. The van der Waals surface area contributed by atoms with Crippen molar-refractivity contribution in [1.82, 2.24) is 9.80 Å². The van der Waals surface area contributed by atoms with Crippen LogP contribution in [0.5, 0.6) is 0 Å². The van der Waals surface area contributed by atoms with E-state index in [1.54, 1.807) is 17.0 Å². The third-order valence-corrected chi connectivity index (χ3v) is 5.60. The number of piperazine rings is 1. The van der Waals surface area contributed by atoms with E-state index in [1.165, 1.54) is 17.2 Å². The van der Waals surface area contributed by atoms with Gasteiger partial charge in [0.1, 0.15) is 0 Å². The van der Waals surface area contributed by atoms with Crippen molar-refractivity contribution in [3.05, 3.63) is 47.9 Å². The molecular weight excluding hydrogens is 413 g/mol. The molecule has 2 saturated heterocycles. The number of anilines is 2. The monoisotopic (exact) mass is 436 g/mol. The van der Waals surface area contributed by atoms with Crippen molar-refractivity contribution in [2.75, 3.05) is 49.5 Å². The first kappa shape index (κ1) is 21.1. The molecule has 2 fully saturated rings. The molecule has 166 valence electrons. The molecule has 2 aromatic rings. The minimum atomic E-state index is -4.50. The van der Waals surface area contributed by atoms with E-state index in [9.17, 15) is 22.8 Å². The summed E-state index contributed by atoms with van der Waals surface area (Å²) < 4.78 is 44.8. The number of halogens is 3. The molecule has 3 heterocycles. The van der Waals surface area contributed by atoms with Crippen LogP contribution in [-0.4, -0.2) is 61.0 Å². The van der Waals surface area contributed by atoms with Crippen molar-refractivity contribution in [1.29, 1.82) is 0 Å². The molecular formula is C21H23F3N4O3. The molecule has 4 rings (SSSR count). The maximum atomic E-state index is 13.2. The first-order valence-corrected chi connectivity index (χ1v) is 10.2. The zero-order valence-corrected chi connectivity index (χ0v) is 16.8. The van der Waals surface area contributed by atoms with Gasteiger partial charge >= 0.3 is 12.2 Å². The number of alkyl halides is 3. The zero-order valence-electron chi connectivity index (χ0n) is 16.8. The second-order valence-corrected chi connectivity index (χ2v) is 7.61. The highest BCUT2D eigenvalue weighted by Crippen LogP contribution is 2.36. The molecule has 0 atom stereocenters. The van der Waals surface area contributed by atoms with Gasteiger partial charge in [-0.25, -0.2) is 4.79 Å². The molecule has 0 spiro atoms. The molecule has 0 radical (unpaired) electrons. The lowest BCUT2D eigenvalue weighted by Gasteiger charge is -2.34. The summed E-state index contributed by atoms with van der Waals surface area (Å²) in [6, 6.07) is 6.18. The van der Waals surface area contributed by atoms with Crippen LogP contribution in [0, 0.1) is 0 Å². The van der Waals surface area contributed by atoms with Crippen molar-refractivity contribution >= 4 is 23.3 Å². The predicted molar refractivity (Wildman–Crippen MR) is 108 cm³/mol. The van der Waals surface area contributed by atoms with Crippen LogP contribution in [0.25, 0.3) is 0 Å². The molecule has 0 bridgehead atoms. The number of rotatable bonds is 3. The number of hydrogen-bond donors (Lipinski definition) is 1. The molecule has 0 saturated carbocycles. The lowest BCUT2D eigenvalue weighted by molar-refractivity contribution is -0.137. The van der Waals surface area contributed by atoms with Gasteiger partial charge in [0, 0.05) is 39.3 Å². The lowest BCUT2D eigenvalue weighted by atomic mass is 10.1. The van der Waals surface area contributed by atoms with E-state index in [2.05, 4.69) is 5.32 Å². The van der Waals surface area contributed by atoms with Crippen molar-refractivity contribution in [3.8, 4) is 0 Å². The summed E-state index contributed by atoms with van der Waals surface area (Å²) in [6.07, 6.45) is -1.16. The minimum absolute atomic E-state index is 0.149. The Balaban J connectivity index is 1.45. The van der Waals surface area contributed by atoms with Crippen molar-refractivity contribution in [2.45, 2.75) is 19.0 Å². The van der Waals surface area contributed by atoms with Crippen LogP contribution in [0.15, 0.2) is 41.0 Å². The number of carbonyl (C=O) groups is 2. The Labute approximate surface area is 177 Å². The van der Waals surface area contributed by atoms with E-state index in [0.717, 1.165) is 38.1 Å². The predicted octanol–water partition coefficient (Wildman–Crippen LogP) is 3.89. The summed E-state index contributed by atoms with van der Waals surface area (Å²) in [7, 11) is 0. The molecule has 10 heteroatoms. The molecule has 2 aliphatic rings. The zero-order chi connectivity index (χ0) is 22.0. The Bertz CT molecular complexity index is 932. The van der Waals surface area contributed by atoms with Crippen LogP contribution in [0.4, 0.5) is 29.3 Å². The number of carbonyl (C=O) groups excluding carboxylic acids is 2. The third kappa shape index (κ3) is 4.62. The quantitative estimate of drug-likeness (QED) is 0.793. The van der Waals surface area contributed by atoms with Crippen molar-refractivity contribution in [3.63, 3.8) is 0 Å². The second-order valence-electron chi connectivity index (χ2n) is 7.61. The number of nitrogens with one attached hydrogen (secondary N) is 1. The van der Waals surface area contributed by atoms with Gasteiger partial charge in [-0.15, -0.1) is 0 Å². The first-order chi connectivity index (χ1) is 14.8. The summed E-state index contributed by atoms with van der Waals surface area (Å²) in [4.78, 5) is 30.2. The van der Waals surface area contributed by atoms with Gasteiger partial charge < -0.3 is 24.4 Å². The normalized spacial score (nSPS) is 17.2. The van der Waals surface area contributed by atoms with Gasteiger partial charge in [0.05, 0.1) is 23.2 Å². The average Bonchev–Trinajstić information content (AvgIpc) is 3.47. The Kier molecular flexibility index (Phi) is 5.79. The minimum Gasteiger partial charge on any atom is -0.459 e. The van der Waals surface area contributed by atoms with Crippen LogP contribution < -0.4 is 10.2 Å². The lowest BCUT2D eigenvalue weighted by Crippen LogP contribution is -2.51. The molecule has 2 aliphatic heterocycles. The van der Waals surface area contributed by atoms with Crippen LogP contribution in [-0.2, 0) is 6.18 Å². The van der Waals surface area contributed by atoms with Gasteiger partial charge in [0.2, 0.25) is 0 Å². The highest BCUT2D eigenvalue weighted by atomic mass is 19.4. The maximum absolute atomic E-state index is 13.2. The first-order valence-electron chi connectivity index (χ1n) is 10.2. The second kappa shape index (κ2) is 8.52. The summed E-state index contributed by atoms with van der Waals surface area (Å²) in [5.41, 5.74) is -0.0686. The van der Waals surface area contributed by atoms with Crippen LogP contribution in [0.3, 0.4) is 0 Å². The fourth-order valence-electron chi connectivity index (χ4n) is 3.91. The molecule has 1 aromatic heterocycles. The highest BCUT2D eigenvalue weighted by Gasteiger charge is 2.32. The molecule has 0 aliphatic carbocycles. The molecule has 31 heavy (non-hydrogen) atoms.